The van der Waals surface area contributed by atoms with Gasteiger partial charge in [-0.2, -0.15) is 13.2 Å². The predicted molar refractivity (Wildman–Crippen MR) is 50.5 cm³/mol. The van der Waals surface area contributed by atoms with Gasteiger partial charge in [0, 0.05) is 12.5 Å². The predicted octanol–water partition coefficient (Wildman–Crippen LogP) is 2.60. The normalized spacial score (nSPS) is 14.8. The van der Waals surface area contributed by atoms with Gasteiger partial charge < -0.3 is 0 Å². The molecule has 3 N–H and O–H groups in total. The van der Waals surface area contributed by atoms with Crippen molar-refractivity contribution in [2.75, 3.05) is 0 Å². The molecule has 86 valence electrons. The van der Waals surface area contributed by atoms with Gasteiger partial charge in [0.25, 0.3) is 0 Å². The standard InChI is InChI=1S/C9H19F3N2/c1-7(2)3-4-8(14-13)5-6-9(10,11)12/h7-8,14H,3-6,13H2,1-2H3. The minimum atomic E-state index is -4.08. The van der Waals surface area contributed by atoms with Gasteiger partial charge in [0.05, 0.1) is 0 Å². The zero-order valence-corrected chi connectivity index (χ0v) is 8.69. The molecule has 0 amide bonds. The fourth-order valence-electron chi connectivity index (χ4n) is 1.18. The highest BCUT2D eigenvalue weighted by Gasteiger charge is 2.27. The Kier molecular flexibility index (Phi) is 6.11. The number of nitrogens with two attached hydrogens (primary N) is 1. The van der Waals surface area contributed by atoms with E-state index in [9.17, 15) is 13.2 Å². The molecule has 0 saturated carbocycles. The average molecular weight is 212 g/mol. The Bertz CT molecular complexity index is 145. The molecule has 0 aliphatic rings. The second-order valence-corrected chi connectivity index (χ2v) is 3.99. The van der Waals surface area contributed by atoms with E-state index in [4.69, 9.17) is 5.84 Å². The summed E-state index contributed by atoms with van der Waals surface area (Å²) in [4.78, 5) is 0. The van der Waals surface area contributed by atoms with E-state index in [0.29, 0.717) is 12.3 Å². The van der Waals surface area contributed by atoms with E-state index in [0.717, 1.165) is 6.42 Å². The molecule has 0 aromatic heterocycles. The molecule has 1 unspecified atom stereocenters. The summed E-state index contributed by atoms with van der Waals surface area (Å²) in [7, 11) is 0. The fraction of sp³-hybridized carbons (Fsp3) is 1.00. The van der Waals surface area contributed by atoms with Crippen molar-refractivity contribution in [3.63, 3.8) is 0 Å². The summed E-state index contributed by atoms with van der Waals surface area (Å²) in [5.74, 6) is 5.67. The fourth-order valence-corrected chi connectivity index (χ4v) is 1.18. The van der Waals surface area contributed by atoms with Crippen LogP contribution in [0.25, 0.3) is 0 Å². The third kappa shape index (κ3) is 8.31. The van der Waals surface area contributed by atoms with Crippen LogP contribution in [-0.2, 0) is 0 Å². The molecule has 0 heterocycles. The Morgan fingerprint density at radius 2 is 1.71 bits per heavy atom. The molecule has 0 radical (unpaired) electrons. The van der Waals surface area contributed by atoms with Crippen molar-refractivity contribution in [1.29, 1.82) is 0 Å². The van der Waals surface area contributed by atoms with Crippen molar-refractivity contribution >= 4 is 0 Å². The SMILES string of the molecule is CC(C)CCC(CCC(F)(F)F)NN. The van der Waals surface area contributed by atoms with Crippen LogP contribution in [0.4, 0.5) is 13.2 Å². The van der Waals surface area contributed by atoms with Gasteiger partial charge in [-0.25, -0.2) is 0 Å². The van der Waals surface area contributed by atoms with Crippen LogP contribution < -0.4 is 11.3 Å². The summed E-state index contributed by atoms with van der Waals surface area (Å²) < 4.78 is 35.6. The smallest absolute Gasteiger partial charge is 0.271 e. The second-order valence-electron chi connectivity index (χ2n) is 3.99. The first-order chi connectivity index (χ1) is 6.35. The lowest BCUT2D eigenvalue weighted by Gasteiger charge is -2.17. The molecule has 0 spiro atoms. The molecule has 0 rings (SSSR count). The highest BCUT2D eigenvalue weighted by atomic mass is 19.4. The van der Waals surface area contributed by atoms with E-state index >= 15 is 0 Å². The first-order valence-electron chi connectivity index (χ1n) is 4.88. The van der Waals surface area contributed by atoms with E-state index in [1.165, 1.54) is 0 Å². The zero-order valence-electron chi connectivity index (χ0n) is 8.69. The lowest BCUT2D eigenvalue weighted by molar-refractivity contribution is -0.136. The van der Waals surface area contributed by atoms with Crippen LogP contribution in [0, 0.1) is 5.92 Å². The number of hydrazine groups is 1. The number of alkyl halides is 3. The highest BCUT2D eigenvalue weighted by Crippen LogP contribution is 2.23. The minimum absolute atomic E-state index is 0.0622. The number of rotatable bonds is 6. The first kappa shape index (κ1) is 13.7. The summed E-state index contributed by atoms with van der Waals surface area (Å²) in [5.41, 5.74) is 2.43. The van der Waals surface area contributed by atoms with Gasteiger partial charge in [0.2, 0.25) is 0 Å². The van der Waals surface area contributed by atoms with Gasteiger partial charge >= 0.3 is 6.18 Å². The van der Waals surface area contributed by atoms with E-state index in [1.807, 2.05) is 13.8 Å². The van der Waals surface area contributed by atoms with Gasteiger partial charge in [-0.05, 0) is 25.2 Å². The molecular weight excluding hydrogens is 193 g/mol. The van der Waals surface area contributed by atoms with Gasteiger partial charge in [0.1, 0.15) is 0 Å². The second kappa shape index (κ2) is 6.24. The van der Waals surface area contributed by atoms with Crippen LogP contribution in [0.3, 0.4) is 0 Å². The highest BCUT2D eigenvalue weighted by molar-refractivity contribution is 4.67. The number of halogens is 3. The van der Waals surface area contributed by atoms with Crippen molar-refractivity contribution in [3.05, 3.63) is 0 Å². The van der Waals surface area contributed by atoms with E-state index in [-0.39, 0.29) is 12.5 Å². The van der Waals surface area contributed by atoms with Gasteiger partial charge in [-0.3, -0.25) is 11.3 Å². The monoisotopic (exact) mass is 212 g/mol. The Labute approximate surface area is 83.0 Å². The van der Waals surface area contributed by atoms with Crippen LogP contribution in [0.5, 0.6) is 0 Å². The molecule has 1 atom stereocenters. The zero-order chi connectivity index (χ0) is 11.2. The topological polar surface area (TPSA) is 38.0 Å². The average Bonchev–Trinajstić information content (AvgIpc) is 2.02. The van der Waals surface area contributed by atoms with Crippen molar-refractivity contribution in [2.45, 2.75) is 51.7 Å². The summed E-state index contributed by atoms with van der Waals surface area (Å²) in [6, 6.07) is -0.223. The van der Waals surface area contributed by atoms with Crippen molar-refractivity contribution in [1.82, 2.24) is 5.43 Å². The Balaban J connectivity index is 3.69. The van der Waals surface area contributed by atoms with Crippen LogP contribution in [0.15, 0.2) is 0 Å². The summed E-state index contributed by atoms with van der Waals surface area (Å²) in [6.45, 7) is 4.08. The Morgan fingerprint density at radius 1 is 1.14 bits per heavy atom. The van der Waals surface area contributed by atoms with Crippen molar-refractivity contribution < 1.29 is 13.2 Å². The Hall–Kier alpha value is -0.290. The quantitative estimate of drug-likeness (QED) is 0.524. The minimum Gasteiger partial charge on any atom is -0.271 e. The lowest BCUT2D eigenvalue weighted by atomic mass is 10.0. The molecule has 0 saturated heterocycles. The van der Waals surface area contributed by atoms with Gasteiger partial charge in [0.15, 0.2) is 0 Å². The van der Waals surface area contributed by atoms with Gasteiger partial charge in [-0.1, -0.05) is 13.8 Å². The maximum Gasteiger partial charge on any atom is 0.389 e. The Morgan fingerprint density at radius 3 is 2.07 bits per heavy atom. The summed E-state index contributed by atoms with van der Waals surface area (Å²) in [6.07, 6.45) is -3.18. The molecule has 2 nitrogen and oxygen atoms in total. The number of hydrogen-bond donors (Lipinski definition) is 2. The van der Waals surface area contributed by atoms with Crippen LogP contribution in [-0.4, -0.2) is 12.2 Å². The number of nitrogens with one attached hydrogen (secondary N) is 1. The van der Waals surface area contributed by atoms with Crippen LogP contribution >= 0.6 is 0 Å². The molecule has 5 heteroatoms. The molecule has 0 bridgehead atoms. The molecular formula is C9H19F3N2. The van der Waals surface area contributed by atoms with Crippen LogP contribution in [0.1, 0.15) is 39.5 Å². The molecule has 0 aliphatic heterocycles. The summed E-state index contributed by atoms with van der Waals surface area (Å²) >= 11 is 0. The van der Waals surface area contributed by atoms with Crippen molar-refractivity contribution in [2.24, 2.45) is 11.8 Å². The van der Waals surface area contributed by atoms with Crippen molar-refractivity contribution in [3.8, 4) is 0 Å². The molecule has 14 heavy (non-hydrogen) atoms. The lowest BCUT2D eigenvalue weighted by Crippen LogP contribution is -2.36. The maximum absolute atomic E-state index is 11.9. The molecule has 0 aliphatic carbocycles. The maximum atomic E-state index is 11.9. The third-order valence-corrected chi connectivity index (χ3v) is 2.10. The largest absolute Gasteiger partial charge is 0.389 e. The molecule has 0 aromatic carbocycles. The van der Waals surface area contributed by atoms with E-state index in [1.54, 1.807) is 0 Å². The van der Waals surface area contributed by atoms with E-state index < -0.39 is 12.6 Å². The first-order valence-corrected chi connectivity index (χ1v) is 4.88. The third-order valence-electron chi connectivity index (χ3n) is 2.10. The van der Waals surface area contributed by atoms with Crippen LogP contribution in [0.2, 0.25) is 0 Å². The number of hydrogen-bond acceptors (Lipinski definition) is 2. The van der Waals surface area contributed by atoms with Gasteiger partial charge in [-0.15, -0.1) is 0 Å². The van der Waals surface area contributed by atoms with E-state index in [2.05, 4.69) is 5.43 Å². The molecule has 0 aromatic rings. The molecule has 0 fully saturated rings. The summed E-state index contributed by atoms with van der Waals surface area (Å²) in [5, 5.41) is 0.